The molecule has 8 heteroatoms. The molecule has 1 heterocycles. The number of nitrogens with zero attached hydrogens (tertiary/aromatic N) is 3. The number of nitrogens with one attached hydrogen (secondary N) is 1. The van der Waals surface area contributed by atoms with Crippen LogP contribution in [0.5, 0.6) is 0 Å². The molecule has 0 unspecified atom stereocenters. The molecule has 1 aliphatic rings. The lowest BCUT2D eigenvalue weighted by atomic mass is 9.76. The van der Waals surface area contributed by atoms with E-state index in [9.17, 15) is 8.42 Å². The largest absolute Gasteiger partial charge is 0.394 e. The van der Waals surface area contributed by atoms with Crippen molar-refractivity contribution in [2.75, 3.05) is 27.2 Å². The molecule has 20 heavy (non-hydrogen) atoms. The molecule has 0 atom stereocenters. The normalized spacial score (nSPS) is 18.2. The topological polar surface area (TPSA) is 87.5 Å². The van der Waals surface area contributed by atoms with Crippen molar-refractivity contribution < 1.29 is 13.5 Å². The second-order valence-electron chi connectivity index (χ2n) is 5.46. The summed E-state index contributed by atoms with van der Waals surface area (Å²) in [6.45, 7) is 0.628. The van der Waals surface area contributed by atoms with Gasteiger partial charge in [-0.1, -0.05) is 0 Å². The molecule has 2 N–H and O–H groups in total. The van der Waals surface area contributed by atoms with Crippen molar-refractivity contribution in [2.45, 2.75) is 36.2 Å². The Hall–Kier alpha value is -0.960. The summed E-state index contributed by atoms with van der Waals surface area (Å²) in [5.41, 5.74) is -0.0613. The lowest BCUT2D eigenvalue weighted by Gasteiger charge is -2.47. The van der Waals surface area contributed by atoms with Crippen LogP contribution in [0.25, 0.3) is 0 Å². The zero-order valence-electron chi connectivity index (χ0n) is 11.9. The van der Waals surface area contributed by atoms with Gasteiger partial charge in [0.15, 0.2) is 0 Å². The van der Waals surface area contributed by atoms with E-state index in [4.69, 9.17) is 5.11 Å². The summed E-state index contributed by atoms with van der Waals surface area (Å²) in [7, 11) is 0.416. The first-order valence-electron chi connectivity index (χ1n) is 6.70. The summed E-state index contributed by atoms with van der Waals surface area (Å²) >= 11 is 0. The molecule has 1 fully saturated rings. The maximum absolute atomic E-state index is 12.2. The van der Waals surface area contributed by atoms with Crippen molar-refractivity contribution in [1.82, 2.24) is 19.4 Å². The smallest absolute Gasteiger partial charge is 0.243 e. The zero-order valence-corrected chi connectivity index (χ0v) is 12.7. The fraction of sp³-hybridized carbons (Fsp3) is 0.750. The second-order valence-corrected chi connectivity index (χ2v) is 7.23. The second kappa shape index (κ2) is 5.80. The summed E-state index contributed by atoms with van der Waals surface area (Å²) in [6, 6.07) is 0. The Balaban J connectivity index is 2.03. The van der Waals surface area contributed by atoms with E-state index in [1.807, 2.05) is 14.1 Å². The van der Waals surface area contributed by atoms with Crippen LogP contribution in [-0.4, -0.2) is 61.0 Å². The molecule has 0 bridgehead atoms. The number of hydrogen-bond acceptors (Lipinski definition) is 5. The summed E-state index contributed by atoms with van der Waals surface area (Å²) in [4.78, 5) is 2.23. The standard InChI is InChI=1S/C12H22N4O3S/c1-15(2)12(4-3-5-12)10-14-20(18,19)11-8-13-16(9-11)6-7-17/h8-9,14,17H,3-7,10H2,1-2H3. The Morgan fingerprint density at radius 2 is 2.20 bits per heavy atom. The van der Waals surface area contributed by atoms with Gasteiger partial charge < -0.3 is 10.0 Å². The molecule has 0 amide bonds. The summed E-state index contributed by atoms with van der Waals surface area (Å²) in [5.74, 6) is 0. The highest BCUT2D eigenvalue weighted by molar-refractivity contribution is 7.89. The van der Waals surface area contributed by atoms with Crippen LogP contribution in [-0.2, 0) is 16.6 Å². The van der Waals surface area contributed by atoms with Gasteiger partial charge in [-0.15, -0.1) is 0 Å². The van der Waals surface area contributed by atoms with Crippen molar-refractivity contribution in [2.24, 2.45) is 0 Å². The number of rotatable bonds is 7. The zero-order chi connectivity index (χ0) is 14.8. The highest BCUT2D eigenvalue weighted by atomic mass is 32.2. The molecule has 0 aliphatic heterocycles. The maximum atomic E-state index is 12.2. The Morgan fingerprint density at radius 3 is 2.70 bits per heavy atom. The van der Waals surface area contributed by atoms with Gasteiger partial charge in [0, 0.05) is 18.3 Å². The number of hydrogen-bond donors (Lipinski definition) is 2. The molecule has 0 saturated heterocycles. The van der Waals surface area contributed by atoms with Gasteiger partial charge in [0.25, 0.3) is 0 Å². The Labute approximate surface area is 119 Å². The van der Waals surface area contributed by atoms with Crippen LogP contribution in [0.15, 0.2) is 17.3 Å². The Kier molecular flexibility index (Phi) is 4.48. The third-order valence-corrected chi connectivity index (χ3v) is 5.43. The van der Waals surface area contributed by atoms with Gasteiger partial charge in [-0.2, -0.15) is 5.10 Å². The Morgan fingerprint density at radius 1 is 1.50 bits per heavy atom. The summed E-state index contributed by atoms with van der Waals surface area (Å²) in [6.07, 6.45) is 5.88. The monoisotopic (exact) mass is 302 g/mol. The quantitative estimate of drug-likeness (QED) is 0.718. The highest BCUT2D eigenvalue weighted by Crippen LogP contribution is 2.35. The van der Waals surface area contributed by atoms with Crippen molar-refractivity contribution in [3.8, 4) is 0 Å². The van der Waals surface area contributed by atoms with Gasteiger partial charge in [0.2, 0.25) is 10.0 Å². The lowest BCUT2D eigenvalue weighted by Crippen LogP contribution is -2.57. The van der Waals surface area contributed by atoms with Gasteiger partial charge in [0.1, 0.15) is 4.90 Å². The molecule has 1 aromatic rings. The van der Waals surface area contributed by atoms with Crippen molar-refractivity contribution in [3.05, 3.63) is 12.4 Å². The van der Waals surface area contributed by atoms with E-state index in [1.165, 1.54) is 17.1 Å². The number of sulfonamides is 1. The fourth-order valence-corrected chi connectivity index (χ4v) is 3.46. The molecule has 1 saturated carbocycles. The number of aromatic nitrogens is 2. The van der Waals surface area contributed by atoms with E-state index in [0.717, 1.165) is 19.3 Å². The van der Waals surface area contributed by atoms with E-state index in [1.54, 1.807) is 0 Å². The molecule has 0 radical (unpaired) electrons. The molecule has 114 valence electrons. The lowest BCUT2D eigenvalue weighted by molar-refractivity contribution is 0.0657. The predicted molar refractivity (Wildman–Crippen MR) is 74.8 cm³/mol. The Bertz CT molecular complexity index is 549. The minimum absolute atomic E-state index is 0.0613. The van der Waals surface area contributed by atoms with Gasteiger partial charge in [0.05, 0.1) is 19.3 Å². The first-order valence-corrected chi connectivity index (χ1v) is 8.18. The number of aliphatic hydroxyl groups is 1. The van der Waals surface area contributed by atoms with Gasteiger partial charge in [-0.25, -0.2) is 13.1 Å². The average Bonchev–Trinajstić information content (AvgIpc) is 2.76. The molecule has 1 aromatic heterocycles. The number of likely N-dealkylation sites (N-methyl/N-ethyl adjacent to an activating group) is 1. The van der Waals surface area contributed by atoms with Crippen molar-refractivity contribution in [1.29, 1.82) is 0 Å². The molecule has 2 rings (SSSR count). The first kappa shape index (κ1) is 15.4. The maximum Gasteiger partial charge on any atom is 0.243 e. The molecule has 1 aliphatic carbocycles. The van der Waals surface area contributed by atoms with Crippen LogP contribution >= 0.6 is 0 Å². The summed E-state index contributed by atoms with van der Waals surface area (Å²) < 4.78 is 28.5. The minimum Gasteiger partial charge on any atom is -0.394 e. The fourth-order valence-electron chi connectivity index (χ4n) is 2.39. The van der Waals surface area contributed by atoms with E-state index in [0.29, 0.717) is 6.54 Å². The van der Waals surface area contributed by atoms with Crippen LogP contribution in [0.1, 0.15) is 19.3 Å². The van der Waals surface area contributed by atoms with Crippen LogP contribution in [0.2, 0.25) is 0 Å². The van der Waals surface area contributed by atoms with Crippen LogP contribution in [0, 0.1) is 0 Å². The molecular formula is C12H22N4O3S. The van der Waals surface area contributed by atoms with E-state index in [-0.39, 0.29) is 23.6 Å². The third-order valence-electron chi connectivity index (χ3n) is 4.07. The van der Waals surface area contributed by atoms with Gasteiger partial charge in [-0.05, 0) is 33.4 Å². The van der Waals surface area contributed by atoms with Crippen molar-refractivity contribution in [3.63, 3.8) is 0 Å². The molecular weight excluding hydrogens is 280 g/mol. The predicted octanol–water partition coefficient (Wildman–Crippen LogP) is -0.362. The van der Waals surface area contributed by atoms with E-state index < -0.39 is 10.0 Å². The van der Waals surface area contributed by atoms with Crippen LogP contribution in [0.4, 0.5) is 0 Å². The highest BCUT2D eigenvalue weighted by Gasteiger charge is 2.39. The van der Waals surface area contributed by atoms with Gasteiger partial charge in [-0.3, -0.25) is 4.68 Å². The average molecular weight is 302 g/mol. The van der Waals surface area contributed by atoms with Crippen molar-refractivity contribution >= 4 is 10.0 Å². The molecule has 0 aromatic carbocycles. The third kappa shape index (κ3) is 3.03. The van der Waals surface area contributed by atoms with E-state index in [2.05, 4.69) is 14.7 Å². The number of aliphatic hydroxyl groups excluding tert-OH is 1. The summed E-state index contributed by atoms with van der Waals surface area (Å²) in [5, 5.41) is 12.7. The molecule has 7 nitrogen and oxygen atoms in total. The minimum atomic E-state index is -3.54. The van der Waals surface area contributed by atoms with Gasteiger partial charge >= 0.3 is 0 Å². The SMILES string of the molecule is CN(C)C1(CNS(=O)(=O)c2cnn(CCO)c2)CCC1. The van der Waals surface area contributed by atoms with Crippen LogP contribution in [0.3, 0.4) is 0 Å². The van der Waals surface area contributed by atoms with Crippen LogP contribution < -0.4 is 4.72 Å². The first-order chi connectivity index (χ1) is 9.39. The molecule has 0 spiro atoms. The van der Waals surface area contributed by atoms with E-state index >= 15 is 0 Å².